The Bertz CT molecular complexity index is 623. The number of rotatable bonds is 12. The molecule has 28 heavy (non-hydrogen) atoms. The smallest absolute Gasteiger partial charge is 0.305 e. The van der Waals surface area contributed by atoms with Gasteiger partial charge >= 0.3 is 5.97 Å². The number of unbranched alkanes of at least 4 members (excludes halogenated alkanes) is 1. The lowest BCUT2D eigenvalue weighted by Crippen LogP contribution is -2.41. The van der Waals surface area contributed by atoms with Crippen molar-refractivity contribution in [3.63, 3.8) is 0 Å². The summed E-state index contributed by atoms with van der Waals surface area (Å²) in [6.07, 6.45) is 18.4. The minimum atomic E-state index is -0.270. The van der Waals surface area contributed by atoms with Crippen LogP contribution >= 0.6 is 0 Å². The first-order chi connectivity index (χ1) is 13.5. The third kappa shape index (κ3) is 6.16. The molecule has 0 amide bonds. The highest BCUT2D eigenvalue weighted by Crippen LogP contribution is 2.48. The molecule has 1 N–H and O–H groups in total. The number of aliphatic hydroxyl groups is 1. The van der Waals surface area contributed by atoms with Gasteiger partial charge in [-0.3, -0.25) is 9.59 Å². The van der Waals surface area contributed by atoms with Crippen LogP contribution in [0.4, 0.5) is 0 Å². The van der Waals surface area contributed by atoms with Gasteiger partial charge in [0.25, 0.3) is 0 Å². The van der Waals surface area contributed by atoms with Gasteiger partial charge in [-0.2, -0.15) is 0 Å². The van der Waals surface area contributed by atoms with Gasteiger partial charge in [-0.25, -0.2) is 0 Å². The molecule has 1 unspecified atom stereocenters. The second-order valence-electron chi connectivity index (χ2n) is 8.19. The topological polar surface area (TPSA) is 63.6 Å². The molecule has 2 aliphatic carbocycles. The average molecular weight is 389 g/mol. The molecule has 0 aromatic carbocycles. The molecule has 0 spiro atoms. The summed E-state index contributed by atoms with van der Waals surface area (Å²) in [5.41, 5.74) is 2.16. The summed E-state index contributed by atoms with van der Waals surface area (Å²) >= 11 is 0. The molecule has 4 heteroatoms. The second-order valence-corrected chi connectivity index (χ2v) is 8.19. The number of ketones is 1. The predicted molar refractivity (Wildman–Crippen MR) is 112 cm³/mol. The van der Waals surface area contributed by atoms with E-state index in [1.165, 1.54) is 13.5 Å². The number of carbonyl (C=O) groups excluding carboxylic acids is 2. The Balaban J connectivity index is 1.84. The lowest BCUT2D eigenvalue weighted by Gasteiger charge is -2.45. The SMILES string of the molecule is CCCC1(C(O)CC=CC2=C(CC=CCCCC(=O)OC)C(=O)CC2)CCC1. The van der Waals surface area contributed by atoms with Crippen LogP contribution in [0.3, 0.4) is 0 Å². The zero-order valence-corrected chi connectivity index (χ0v) is 17.5. The van der Waals surface area contributed by atoms with Crippen LogP contribution in [0.25, 0.3) is 0 Å². The summed E-state index contributed by atoms with van der Waals surface area (Å²) in [6, 6.07) is 0. The third-order valence-corrected chi connectivity index (χ3v) is 6.30. The summed E-state index contributed by atoms with van der Waals surface area (Å²) in [5.74, 6) is 0.0557. The number of esters is 1. The van der Waals surface area contributed by atoms with E-state index < -0.39 is 0 Å². The molecule has 1 atom stereocenters. The zero-order valence-electron chi connectivity index (χ0n) is 17.5. The van der Waals surface area contributed by atoms with Gasteiger partial charge in [-0.1, -0.05) is 44.1 Å². The number of Topliss-reactive ketones (excluding diaryl/α,β-unsaturated/α-hetero) is 1. The number of aliphatic hydroxyl groups excluding tert-OH is 1. The van der Waals surface area contributed by atoms with Crippen LogP contribution < -0.4 is 0 Å². The quantitative estimate of drug-likeness (QED) is 0.283. The monoisotopic (exact) mass is 388 g/mol. The van der Waals surface area contributed by atoms with E-state index >= 15 is 0 Å². The van der Waals surface area contributed by atoms with Crippen molar-refractivity contribution in [3.05, 3.63) is 35.5 Å². The van der Waals surface area contributed by atoms with Crippen molar-refractivity contribution < 1.29 is 19.4 Å². The zero-order chi connectivity index (χ0) is 20.4. The van der Waals surface area contributed by atoms with Crippen LogP contribution in [0.15, 0.2) is 35.5 Å². The number of carbonyl (C=O) groups is 2. The molecular weight excluding hydrogens is 352 g/mol. The van der Waals surface area contributed by atoms with Crippen molar-refractivity contribution in [1.29, 1.82) is 0 Å². The maximum Gasteiger partial charge on any atom is 0.305 e. The number of hydrogen-bond acceptors (Lipinski definition) is 4. The molecule has 0 aliphatic heterocycles. The first-order valence-electron chi connectivity index (χ1n) is 10.8. The van der Waals surface area contributed by atoms with Crippen molar-refractivity contribution in [1.82, 2.24) is 0 Å². The molecule has 0 aromatic heterocycles. The minimum absolute atomic E-state index is 0.134. The Morgan fingerprint density at radius 1 is 1.25 bits per heavy atom. The highest BCUT2D eigenvalue weighted by molar-refractivity contribution is 5.99. The van der Waals surface area contributed by atoms with E-state index in [1.807, 2.05) is 12.2 Å². The number of hydrogen-bond donors (Lipinski definition) is 1. The van der Waals surface area contributed by atoms with Crippen LogP contribution in [0.5, 0.6) is 0 Å². The van der Waals surface area contributed by atoms with Gasteiger partial charge in [-0.05, 0) is 62.4 Å². The Labute approximate surface area is 169 Å². The Hall–Kier alpha value is -1.68. The molecule has 2 rings (SSSR count). The van der Waals surface area contributed by atoms with Crippen LogP contribution in [-0.2, 0) is 14.3 Å². The van der Waals surface area contributed by atoms with E-state index in [0.29, 0.717) is 25.7 Å². The third-order valence-electron chi connectivity index (χ3n) is 6.30. The number of ether oxygens (including phenoxy) is 1. The van der Waals surface area contributed by atoms with Crippen molar-refractivity contribution in [2.75, 3.05) is 7.11 Å². The van der Waals surface area contributed by atoms with Crippen molar-refractivity contribution in [2.45, 2.75) is 90.1 Å². The maximum atomic E-state index is 12.2. The normalized spacial score (nSPS) is 20.2. The van der Waals surface area contributed by atoms with Gasteiger partial charge in [0.05, 0.1) is 13.2 Å². The summed E-state index contributed by atoms with van der Waals surface area (Å²) in [4.78, 5) is 23.3. The van der Waals surface area contributed by atoms with Gasteiger partial charge in [0.15, 0.2) is 5.78 Å². The molecule has 0 radical (unpaired) electrons. The van der Waals surface area contributed by atoms with E-state index in [-0.39, 0.29) is 23.3 Å². The first kappa shape index (κ1) is 22.6. The molecular formula is C24H36O4. The Morgan fingerprint density at radius 3 is 2.68 bits per heavy atom. The van der Waals surface area contributed by atoms with Gasteiger partial charge in [0.1, 0.15) is 0 Å². The van der Waals surface area contributed by atoms with Gasteiger partial charge < -0.3 is 9.84 Å². The Morgan fingerprint density at radius 2 is 2.04 bits per heavy atom. The lowest BCUT2D eigenvalue weighted by atomic mass is 9.62. The predicted octanol–water partition coefficient (Wildman–Crippen LogP) is 5.21. The van der Waals surface area contributed by atoms with Gasteiger partial charge in [0.2, 0.25) is 0 Å². The van der Waals surface area contributed by atoms with E-state index in [4.69, 9.17) is 0 Å². The van der Waals surface area contributed by atoms with E-state index in [9.17, 15) is 14.7 Å². The fraction of sp³-hybridized carbons (Fsp3) is 0.667. The molecule has 1 saturated carbocycles. The summed E-state index contributed by atoms with van der Waals surface area (Å²) in [7, 11) is 1.40. The van der Waals surface area contributed by atoms with Gasteiger partial charge in [0, 0.05) is 18.4 Å². The summed E-state index contributed by atoms with van der Waals surface area (Å²) in [6.45, 7) is 2.19. The summed E-state index contributed by atoms with van der Waals surface area (Å²) in [5, 5.41) is 10.6. The molecule has 0 bridgehead atoms. The van der Waals surface area contributed by atoms with Gasteiger partial charge in [-0.15, -0.1) is 0 Å². The minimum Gasteiger partial charge on any atom is -0.469 e. The molecule has 0 saturated heterocycles. The average Bonchev–Trinajstić information content (AvgIpc) is 3.00. The van der Waals surface area contributed by atoms with Crippen molar-refractivity contribution >= 4 is 11.8 Å². The molecule has 0 aromatic rings. The van der Waals surface area contributed by atoms with Crippen molar-refractivity contribution in [3.8, 4) is 0 Å². The molecule has 2 aliphatic rings. The highest BCUT2D eigenvalue weighted by atomic mass is 16.5. The Kier molecular flexibility index (Phi) is 9.17. The fourth-order valence-electron chi connectivity index (χ4n) is 4.41. The maximum absolute atomic E-state index is 12.2. The van der Waals surface area contributed by atoms with Crippen LogP contribution in [-0.4, -0.2) is 30.1 Å². The van der Waals surface area contributed by atoms with Crippen LogP contribution in [0, 0.1) is 5.41 Å². The number of methoxy groups -OCH3 is 1. The molecule has 0 heterocycles. The van der Waals surface area contributed by atoms with Crippen LogP contribution in [0.1, 0.15) is 84.0 Å². The first-order valence-corrected chi connectivity index (χ1v) is 10.8. The molecule has 156 valence electrons. The summed E-state index contributed by atoms with van der Waals surface area (Å²) < 4.78 is 4.63. The highest BCUT2D eigenvalue weighted by Gasteiger charge is 2.41. The molecule has 4 nitrogen and oxygen atoms in total. The number of allylic oxidation sites excluding steroid dienone is 5. The fourth-order valence-corrected chi connectivity index (χ4v) is 4.41. The van der Waals surface area contributed by atoms with E-state index in [1.54, 1.807) is 0 Å². The molecule has 1 fully saturated rings. The van der Waals surface area contributed by atoms with Crippen LogP contribution in [0.2, 0.25) is 0 Å². The van der Waals surface area contributed by atoms with E-state index in [2.05, 4.69) is 23.8 Å². The standard InChI is InChI=1S/C24H36O4/c1-3-16-24(17-9-18-24)22(26)12-8-10-19-14-15-21(25)20(19)11-6-4-5-7-13-23(27)28-2/h4,6,8,10,22,26H,3,5,7,9,11-18H2,1-2H3. The lowest BCUT2D eigenvalue weighted by molar-refractivity contribution is -0.140. The largest absolute Gasteiger partial charge is 0.469 e. The second kappa shape index (κ2) is 11.4. The van der Waals surface area contributed by atoms with Crippen molar-refractivity contribution in [2.24, 2.45) is 5.41 Å². The van der Waals surface area contributed by atoms with E-state index in [0.717, 1.165) is 56.1 Å².